The summed E-state index contributed by atoms with van der Waals surface area (Å²) in [4.78, 5) is 24.0. The molecule has 0 aromatic heterocycles. The number of hydrogen-bond donors (Lipinski definition) is 0. The lowest BCUT2D eigenvalue weighted by molar-refractivity contribution is -0.310. The van der Waals surface area contributed by atoms with E-state index in [1.807, 2.05) is 0 Å². The molecule has 2 rings (SSSR count). The van der Waals surface area contributed by atoms with Gasteiger partial charge in [0.05, 0.1) is 12.0 Å². The van der Waals surface area contributed by atoms with Crippen LogP contribution in [0.4, 0.5) is 0 Å². The molecule has 1 aliphatic heterocycles. The third-order valence-corrected chi connectivity index (χ3v) is 4.37. The van der Waals surface area contributed by atoms with Crippen LogP contribution in [0.1, 0.15) is 17.9 Å². The number of aliphatic carboxylic acids is 1. The van der Waals surface area contributed by atoms with E-state index in [0.717, 1.165) is 5.56 Å². The molecule has 1 heterocycles. The van der Waals surface area contributed by atoms with Gasteiger partial charge in [-0.25, -0.2) is 0 Å². The van der Waals surface area contributed by atoms with Gasteiger partial charge in [-0.1, -0.05) is 23.7 Å². The van der Waals surface area contributed by atoms with Crippen molar-refractivity contribution in [3.63, 3.8) is 0 Å². The Morgan fingerprint density at radius 1 is 1.39 bits per heavy atom. The quantitative estimate of drug-likeness (QED) is 0.814. The Labute approximate surface area is 114 Å². The highest BCUT2D eigenvalue weighted by Gasteiger charge is 2.37. The largest absolute Gasteiger partial charge is 0.548 e. The molecule has 6 heteroatoms. The monoisotopic (exact) mass is 284 g/mol. The fourth-order valence-corrected chi connectivity index (χ4v) is 3.55. The summed E-state index contributed by atoms with van der Waals surface area (Å²) in [7, 11) is 0. The zero-order chi connectivity index (χ0) is 13.3. The lowest BCUT2D eigenvalue weighted by Gasteiger charge is -2.29. The number of carboxylic acids is 1. The smallest absolute Gasteiger partial charge is 0.221 e. The maximum atomic E-state index is 11.6. The Hall–Kier alpha value is -1.20. The molecule has 18 heavy (non-hydrogen) atoms. The first-order valence-electron chi connectivity index (χ1n) is 5.37. The third kappa shape index (κ3) is 2.47. The number of amides is 1. The molecule has 1 aliphatic rings. The third-order valence-electron chi connectivity index (χ3n) is 2.79. The second-order valence-corrected chi connectivity index (χ2v) is 5.55. The molecule has 1 amide bonds. The van der Waals surface area contributed by atoms with Crippen molar-refractivity contribution in [2.45, 2.75) is 18.3 Å². The Balaban J connectivity index is 2.30. The highest BCUT2D eigenvalue weighted by molar-refractivity contribution is 7.99. The molecule has 0 bridgehead atoms. The van der Waals surface area contributed by atoms with Gasteiger partial charge in [-0.2, -0.15) is 0 Å². The van der Waals surface area contributed by atoms with E-state index in [0.29, 0.717) is 10.8 Å². The Morgan fingerprint density at radius 3 is 2.50 bits per heavy atom. The van der Waals surface area contributed by atoms with Gasteiger partial charge in [-0.3, -0.25) is 4.79 Å². The standard InChI is InChI=1S/C12H12ClNO3S/c1-7(15)14-10(12(16)17)6-18-11(14)8-2-4-9(13)5-3-8/h2-5,10-11H,6H2,1H3,(H,16,17)/p-1/t10-,11-/m1/s1. The molecule has 0 spiro atoms. The fraction of sp³-hybridized carbons (Fsp3) is 0.333. The number of thioether (sulfide) groups is 1. The van der Waals surface area contributed by atoms with Gasteiger partial charge in [-0.15, -0.1) is 11.8 Å². The van der Waals surface area contributed by atoms with Gasteiger partial charge in [0.15, 0.2) is 0 Å². The van der Waals surface area contributed by atoms with Crippen LogP contribution in [0.15, 0.2) is 24.3 Å². The number of rotatable bonds is 2. The van der Waals surface area contributed by atoms with Gasteiger partial charge >= 0.3 is 0 Å². The van der Waals surface area contributed by atoms with E-state index in [1.54, 1.807) is 24.3 Å². The second kappa shape index (κ2) is 5.20. The first-order chi connectivity index (χ1) is 8.50. The first-order valence-corrected chi connectivity index (χ1v) is 6.80. The molecule has 0 unspecified atom stereocenters. The van der Waals surface area contributed by atoms with Crippen molar-refractivity contribution >= 4 is 35.2 Å². The van der Waals surface area contributed by atoms with E-state index >= 15 is 0 Å². The summed E-state index contributed by atoms with van der Waals surface area (Å²) in [5, 5.41) is 11.3. The molecule has 0 saturated carbocycles. The van der Waals surface area contributed by atoms with Crippen molar-refractivity contribution in [2.75, 3.05) is 5.75 Å². The zero-order valence-corrected chi connectivity index (χ0v) is 11.2. The fourth-order valence-electron chi connectivity index (χ4n) is 1.96. The Morgan fingerprint density at radius 2 is 2.00 bits per heavy atom. The van der Waals surface area contributed by atoms with Crippen LogP contribution >= 0.6 is 23.4 Å². The summed E-state index contributed by atoms with van der Waals surface area (Å²) < 4.78 is 0. The van der Waals surface area contributed by atoms with Crippen LogP contribution in [-0.2, 0) is 9.59 Å². The van der Waals surface area contributed by atoms with Crippen LogP contribution in [0.3, 0.4) is 0 Å². The SMILES string of the molecule is CC(=O)N1[C@@H](C(=O)[O-])CS[C@@H]1c1ccc(Cl)cc1. The molecule has 1 aromatic carbocycles. The van der Waals surface area contributed by atoms with Crippen molar-refractivity contribution < 1.29 is 14.7 Å². The van der Waals surface area contributed by atoms with E-state index in [2.05, 4.69) is 0 Å². The van der Waals surface area contributed by atoms with Crippen molar-refractivity contribution in [2.24, 2.45) is 0 Å². The molecule has 2 atom stereocenters. The lowest BCUT2D eigenvalue weighted by atomic mass is 10.2. The van der Waals surface area contributed by atoms with Gasteiger partial charge < -0.3 is 14.8 Å². The van der Waals surface area contributed by atoms with Crippen LogP contribution < -0.4 is 5.11 Å². The van der Waals surface area contributed by atoms with Crippen LogP contribution in [0.2, 0.25) is 5.02 Å². The summed E-state index contributed by atoms with van der Waals surface area (Å²) >= 11 is 7.22. The molecule has 0 aliphatic carbocycles. The minimum Gasteiger partial charge on any atom is -0.548 e. The van der Waals surface area contributed by atoms with Crippen LogP contribution in [0.5, 0.6) is 0 Å². The van der Waals surface area contributed by atoms with E-state index < -0.39 is 12.0 Å². The first kappa shape index (κ1) is 13.2. The van der Waals surface area contributed by atoms with E-state index in [9.17, 15) is 14.7 Å². The average molecular weight is 285 g/mol. The second-order valence-electron chi connectivity index (χ2n) is 4.00. The van der Waals surface area contributed by atoms with Crippen LogP contribution in [0.25, 0.3) is 0 Å². The summed E-state index contributed by atoms with van der Waals surface area (Å²) in [5.74, 6) is -1.14. The summed E-state index contributed by atoms with van der Waals surface area (Å²) in [6, 6.07) is 6.18. The average Bonchev–Trinajstić information content (AvgIpc) is 2.74. The summed E-state index contributed by atoms with van der Waals surface area (Å²) in [6.45, 7) is 1.37. The van der Waals surface area contributed by atoms with Crippen molar-refractivity contribution in [3.8, 4) is 0 Å². The molecule has 1 saturated heterocycles. The van der Waals surface area contributed by atoms with Crippen molar-refractivity contribution in [1.29, 1.82) is 0 Å². The molecule has 0 radical (unpaired) electrons. The molecule has 0 N–H and O–H groups in total. The van der Waals surface area contributed by atoms with E-state index in [4.69, 9.17) is 11.6 Å². The van der Waals surface area contributed by atoms with E-state index in [1.165, 1.54) is 23.6 Å². The van der Waals surface area contributed by atoms with Crippen LogP contribution in [-0.4, -0.2) is 28.6 Å². The number of carboxylic acid groups (broad SMARTS) is 1. The predicted octanol–water partition coefficient (Wildman–Crippen LogP) is 1.05. The predicted molar refractivity (Wildman–Crippen MR) is 68.0 cm³/mol. The molecule has 1 aromatic rings. The molecule has 96 valence electrons. The number of carbonyl (C=O) groups is 2. The number of halogens is 1. The van der Waals surface area contributed by atoms with Gasteiger partial charge in [0, 0.05) is 17.7 Å². The normalized spacial score (nSPS) is 23.1. The molecule has 1 fully saturated rings. The van der Waals surface area contributed by atoms with Gasteiger partial charge in [0.1, 0.15) is 5.37 Å². The molecular weight excluding hydrogens is 274 g/mol. The minimum atomic E-state index is -1.21. The zero-order valence-electron chi connectivity index (χ0n) is 9.63. The summed E-state index contributed by atoms with van der Waals surface area (Å²) in [5.41, 5.74) is 0.864. The Kier molecular flexibility index (Phi) is 3.82. The lowest BCUT2D eigenvalue weighted by Crippen LogP contribution is -2.48. The van der Waals surface area contributed by atoms with Crippen molar-refractivity contribution in [1.82, 2.24) is 4.90 Å². The number of nitrogens with zero attached hydrogens (tertiary/aromatic N) is 1. The van der Waals surface area contributed by atoms with Crippen LogP contribution in [0, 0.1) is 0 Å². The van der Waals surface area contributed by atoms with Crippen molar-refractivity contribution in [3.05, 3.63) is 34.9 Å². The van der Waals surface area contributed by atoms with E-state index in [-0.39, 0.29) is 11.3 Å². The maximum Gasteiger partial charge on any atom is 0.221 e. The van der Waals surface area contributed by atoms with Gasteiger partial charge in [0.25, 0.3) is 0 Å². The Bertz CT molecular complexity index is 477. The topological polar surface area (TPSA) is 60.4 Å². The highest BCUT2D eigenvalue weighted by Crippen LogP contribution is 2.41. The number of benzene rings is 1. The maximum absolute atomic E-state index is 11.6. The summed E-state index contributed by atoms with van der Waals surface area (Å²) in [6.07, 6.45) is 0. The number of carbonyl (C=O) groups excluding carboxylic acids is 2. The molecular formula is C12H11ClNO3S-. The van der Waals surface area contributed by atoms with Gasteiger partial charge in [0.2, 0.25) is 5.91 Å². The highest BCUT2D eigenvalue weighted by atomic mass is 35.5. The number of hydrogen-bond acceptors (Lipinski definition) is 4. The minimum absolute atomic E-state index is 0.269. The molecule has 4 nitrogen and oxygen atoms in total. The van der Waals surface area contributed by atoms with Gasteiger partial charge in [-0.05, 0) is 17.7 Å².